The third-order valence-electron chi connectivity index (χ3n) is 4.89. The number of halogens is 1. The van der Waals surface area contributed by atoms with Gasteiger partial charge in [0.15, 0.2) is 6.23 Å². The maximum atomic E-state index is 12.5. The summed E-state index contributed by atoms with van der Waals surface area (Å²) in [4.78, 5) is 21.1. The van der Waals surface area contributed by atoms with E-state index in [1.165, 1.54) is 0 Å². The summed E-state index contributed by atoms with van der Waals surface area (Å²) >= 11 is 2.27. The Labute approximate surface area is 186 Å². The van der Waals surface area contributed by atoms with Crippen LogP contribution in [0.1, 0.15) is 33.6 Å². The summed E-state index contributed by atoms with van der Waals surface area (Å²) in [5.41, 5.74) is -0.491. The van der Waals surface area contributed by atoms with Crippen molar-refractivity contribution in [3.8, 4) is 0 Å². The van der Waals surface area contributed by atoms with Crippen LogP contribution in [-0.4, -0.2) is 86.2 Å². The smallest absolute Gasteiger partial charge is 0.410 e. The monoisotopic (exact) mass is 521 g/mol. The third-order valence-corrected chi connectivity index (χ3v) is 5.96. The number of piperidine rings is 1. The third kappa shape index (κ3) is 6.11. The second kappa shape index (κ2) is 9.69. The van der Waals surface area contributed by atoms with Gasteiger partial charge in [-0.3, -0.25) is 0 Å². The van der Waals surface area contributed by atoms with Crippen molar-refractivity contribution in [1.29, 1.82) is 0 Å². The topological polar surface area (TPSA) is 87.7 Å². The van der Waals surface area contributed by atoms with E-state index in [0.717, 1.165) is 47.8 Å². The fourth-order valence-electron chi connectivity index (χ4n) is 3.48. The summed E-state index contributed by atoms with van der Waals surface area (Å²) in [7, 11) is 1.66. The van der Waals surface area contributed by atoms with Crippen LogP contribution < -0.4 is 10.6 Å². The zero-order chi connectivity index (χ0) is 21.0. The first kappa shape index (κ1) is 22.4. The van der Waals surface area contributed by atoms with E-state index in [-0.39, 0.29) is 18.4 Å². The molecule has 3 rings (SSSR count). The van der Waals surface area contributed by atoms with Gasteiger partial charge in [-0.15, -0.1) is 0 Å². The summed E-state index contributed by atoms with van der Waals surface area (Å²) in [6.45, 7) is 9.96. The highest BCUT2D eigenvalue weighted by Gasteiger charge is 2.31. The standard InChI is InChI=1S/C19H32IN5O4/c1-19(2,3)29-18(26)25-7-5-6-13(12-25)21-15-14(20)16(27-4)23-17(22-15)24-8-10-28-11-9-24/h13,16,21H,5-12H2,1-4H3,(H,22,23)/t13-,16?/m1/s1. The molecular weight excluding hydrogens is 489 g/mol. The number of carbonyl (C=O) groups is 1. The minimum absolute atomic E-state index is 0.130. The van der Waals surface area contributed by atoms with Gasteiger partial charge in [-0.2, -0.15) is 0 Å². The van der Waals surface area contributed by atoms with E-state index in [4.69, 9.17) is 19.2 Å². The molecule has 3 aliphatic heterocycles. The first-order valence-corrected chi connectivity index (χ1v) is 11.2. The largest absolute Gasteiger partial charge is 0.444 e. The predicted molar refractivity (Wildman–Crippen MR) is 119 cm³/mol. The molecule has 10 heteroatoms. The van der Waals surface area contributed by atoms with Gasteiger partial charge in [-0.05, 0) is 56.2 Å². The molecule has 0 aromatic rings. The fraction of sp³-hybridized carbons (Fsp3) is 0.789. The highest BCUT2D eigenvalue weighted by molar-refractivity contribution is 14.1. The molecular formula is C19H32IN5O4. The van der Waals surface area contributed by atoms with Crippen LogP contribution >= 0.6 is 22.6 Å². The molecule has 2 atom stereocenters. The Bertz CT molecular complexity index is 657. The molecule has 3 heterocycles. The van der Waals surface area contributed by atoms with Gasteiger partial charge in [0.25, 0.3) is 0 Å². The molecule has 0 radical (unpaired) electrons. The van der Waals surface area contributed by atoms with Crippen molar-refractivity contribution in [2.24, 2.45) is 4.99 Å². The Morgan fingerprint density at radius 2 is 2.03 bits per heavy atom. The van der Waals surface area contributed by atoms with Crippen molar-refractivity contribution >= 4 is 34.6 Å². The van der Waals surface area contributed by atoms with Gasteiger partial charge < -0.3 is 34.6 Å². The fourth-order valence-corrected chi connectivity index (χ4v) is 4.17. The Hall–Kier alpha value is -1.27. The number of hydrogen-bond donors (Lipinski definition) is 2. The van der Waals surface area contributed by atoms with Gasteiger partial charge >= 0.3 is 6.09 Å². The van der Waals surface area contributed by atoms with Crippen LogP contribution in [0.5, 0.6) is 0 Å². The van der Waals surface area contributed by atoms with E-state index in [2.05, 4.69) is 38.1 Å². The molecule has 2 N–H and O–H groups in total. The number of aliphatic imine (C=N–C) groups is 1. The molecule has 2 saturated heterocycles. The number of rotatable bonds is 3. The summed E-state index contributed by atoms with van der Waals surface area (Å²) < 4.78 is 17.5. The number of amides is 1. The van der Waals surface area contributed by atoms with Crippen molar-refractivity contribution in [1.82, 2.24) is 20.4 Å². The molecule has 29 heavy (non-hydrogen) atoms. The molecule has 0 bridgehead atoms. The second-order valence-corrected chi connectivity index (χ2v) is 9.56. The number of hydrogen-bond acceptors (Lipinski definition) is 8. The number of ether oxygens (including phenoxy) is 3. The molecule has 3 aliphatic rings. The molecule has 2 fully saturated rings. The van der Waals surface area contributed by atoms with E-state index < -0.39 is 5.60 Å². The highest BCUT2D eigenvalue weighted by atomic mass is 127. The van der Waals surface area contributed by atoms with Crippen molar-refractivity contribution in [2.75, 3.05) is 46.5 Å². The zero-order valence-electron chi connectivity index (χ0n) is 17.7. The maximum Gasteiger partial charge on any atom is 0.410 e. The Morgan fingerprint density at radius 1 is 1.31 bits per heavy atom. The molecule has 164 valence electrons. The first-order valence-electron chi connectivity index (χ1n) is 10.1. The summed E-state index contributed by atoms with van der Waals surface area (Å²) in [5.74, 6) is 1.69. The van der Waals surface area contributed by atoms with Crippen molar-refractivity contribution in [2.45, 2.75) is 51.5 Å². The Morgan fingerprint density at radius 3 is 2.69 bits per heavy atom. The van der Waals surface area contributed by atoms with Gasteiger partial charge in [0.1, 0.15) is 11.4 Å². The average molecular weight is 521 g/mol. The zero-order valence-corrected chi connectivity index (χ0v) is 19.8. The molecule has 0 aliphatic carbocycles. The predicted octanol–water partition coefficient (Wildman–Crippen LogP) is 1.84. The molecule has 1 unspecified atom stereocenters. The lowest BCUT2D eigenvalue weighted by Crippen LogP contribution is -2.54. The van der Waals surface area contributed by atoms with Crippen molar-refractivity contribution < 1.29 is 19.0 Å². The quantitative estimate of drug-likeness (QED) is 0.549. The first-order chi connectivity index (χ1) is 13.8. The summed E-state index contributed by atoms with van der Waals surface area (Å²) in [6.07, 6.45) is 1.31. The summed E-state index contributed by atoms with van der Waals surface area (Å²) in [6, 6.07) is 0.130. The Balaban J connectivity index is 1.65. The number of guanidine groups is 1. The van der Waals surface area contributed by atoms with E-state index in [0.29, 0.717) is 19.8 Å². The minimum atomic E-state index is -0.491. The lowest BCUT2D eigenvalue weighted by Gasteiger charge is -2.38. The Kier molecular flexibility index (Phi) is 7.49. The molecule has 0 aromatic heterocycles. The van der Waals surface area contributed by atoms with Gasteiger partial charge in [0.2, 0.25) is 5.96 Å². The maximum absolute atomic E-state index is 12.5. The van der Waals surface area contributed by atoms with E-state index in [9.17, 15) is 4.79 Å². The highest BCUT2D eigenvalue weighted by Crippen LogP contribution is 2.24. The number of carbonyl (C=O) groups excluding carboxylic acids is 1. The van der Waals surface area contributed by atoms with Crippen LogP contribution in [-0.2, 0) is 14.2 Å². The lowest BCUT2D eigenvalue weighted by molar-refractivity contribution is 0.0190. The van der Waals surface area contributed by atoms with Crippen LogP contribution in [0, 0.1) is 0 Å². The average Bonchev–Trinajstić information content (AvgIpc) is 2.69. The van der Waals surface area contributed by atoms with Crippen molar-refractivity contribution in [3.05, 3.63) is 9.40 Å². The van der Waals surface area contributed by atoms with Crippen LogP contribution in [0.15, 0.2) is 14.4 Å². The second-order valence-electron chi connectivity index (χ2n) is 8.40. The number of nitrogens with one attached hydrogen (secondary N) is 2. The number of likely N-dealkylation sites (tertiary alicyclic amines) is 1. The van der Waals surface area contributed by atoms with Gasteiger partial charge in [0, 0.05) is 39.3 Å². The lowest BCUT2D eigenvalue weighted by atomic mass is 10.1. The normalized spacial score (nSPS) is 26.0. The SMILES string of the molecule is COC1N=C(N2CCOCC2)NC(N[C@@H]2CCCN(C(=O)OC(C)(C)C)C2)=C1I. The van der Waals surface area contributed by atoms with Crippen LogP contribution in [0.2, 0.25) is 0 Å². The van der Waals surface area contributed by atoms with Crippen LogP contribution in [0.3, 0.4) is 0 Å². The molecule has 0 aromatic carbocycles. The van der Waals surface area contributed by atoms with Gasteiger partial charge in [-0.25, -0.2) is 9.79 Å². The van der Waals surface area contributed by atoms with Gasteiger partial charge in [-0.1, -0.05) is 0 Å². The minimum Gasteiger partial charge on any atom is -0.444 e. The van der Waals surface area contributed by atoms with E-state index >= 15 is 0 Å². The number of nitrogens with zero attached hydrogens (tertiary/aromatic N) is 3. The number of morpholine rings is 1. The van der Waals surface area contributed by atoms with Gasteiger partial charge in [0.05, 0.1) is 16.8 Å². The molecule has 1 amide bonds. The van der Waals surface area contributed by atoms with E-state index in [1.54, 1.807) is 12.0 Å². The molecule has 9 nitrogen and oxygen atoms in total. The van der Waals surface area contributed by atoms with Crippen molar-refractivity contribution in [3.63, 3.8) is 0 Å². The molecule has 0 spiro atoms. The van der Waals surface area contributed by atoms with Crippen LogP contribution in [0.4, 0.5) is 4.79 Å². The van der Waals surface area contributed by atoms with Crippen LogP contribution in [0.25, 0.3) is 0 Å². The molecule has 0 saturated carbocycles. The number of methoxy groups -OCH3 is 1. The van der Waals surface area contributed by atoms with E-state index in [1.807, 2.05) is 20.8 Å². The summed E-state index contributed by atoms with van der Waals surface area (Å²) in [5, 5.41) is 7.01.